The molecule has 5 aromatic rings. The van der Waals surface area contributed by atoms with E-state index in [1.165, 1.54) is 0 Å². The van der Waals surface area contributed by atoms with Gasteiger partial charge < -0.3 is 8.98 Å². The number of benzene rings is 1. The zero-order chi connectivity index (χ0) is 23.5. The van der Waals surface area contributed by atoms with Crippen molar-refractivity contribution in [3.8, 4) is 22.9 Å². The first-order chi connectivity index (χ1) is 15.5. The Labute approximate surface area is 193 Å². The van der Waals surface area contributed by atoms with Crippen LogP contribution in [0.3, 0.4) is 0 Å². The number of nitrogens with zero attached hydrogens (tertiary/aromatic N) is 6. The van der Waals surface area contributed by atoms with E-state index in [1.807, 2.05) is 36.0 Å². The molecule has 0 N–H and O–H groups in total. The molecule has 7 nitrogen and oxygen atoms in total. The van der Waals surface area contributed by atoms with E-state index in [-0.39, 0.29) is 10.8 Å². The second-order valence-electron chi connectivity index (χ2n) is 10.5. The van der Waals surface area contributed by atoms with E-state index in [9.17, 15) is 0 Å². The van der Waals surface area contributed by atoms with Gasteiger partial charge in [0.15, 0.2) is 5.82 Å². The summed E-state index contributed by atoms with van der Waals surface area (Å²) in [6.45, 7) is 12.6. The second-order valence-corrected chi connectivity index (χ2v) is 10.5. The smallest absolute Gasteiger partial charge is 0.227 e. The van der Waals surface area contributed by atoms with Crippen LogP contribution >= 0.6 is 0 Å². The number of aryl methyl sites for hydroxylation is 1. The van der Waals surface area contributed by atoms with Crippen LogP contribution < -0.4 is 0 Å². The maximum atomic E-state index is 6.17. The normalized spacial score (nSPS) is 12.7. The van der Waals surface area contributed by atoms with E-state index >= 15 is 0 Å². The fraction of sp³-hybridized carbons (Fsp3) is 0.346. The highest BCUT2D eigenvalue weighted by Gasteiger charge is 2.26. The summed E-state index contributed by atoms with van der Waals surface area (Å²) in [5, 5.41) is 1.98. The Morgan fingerprint density at radius 3 is 2.06 bits per heavy atom. The average molecular weight is 441 g/mol. The molecule has 0 saturated heterocycles. The van der Waals surface area contributed by atoms with E-state index in [4.69, 9.17) is 24.4 Å². The average Bonchev–Trinajstić information content (AvgIpc) is 3.34. The lowest BCUT2D eigenvalue weighted by molar-refractivity contribution is 0.497. The molecule has 4 heterocycles. The first-order valence-corrected chi connectivity index (χ1v) is 11.1. The minimum absolute atomic E-state index is 0.206. The van der Waals surface area contributed by atoms with Gasteiger partial charge in [0.25, 0.3) is 0 Å². The van der Waals surface area contributed by atoms with E-state index in [1.54, 1.807) is 6.20 Å². The van der Waals surface area contributed by atoms with Crippen molar-refractivity contribution in [2.75, 3.05) is 0 Å². The Bertz CT molecular complexity index is 1470. The molecular formula is C26H28N6O. The molecule has 168 valence electrons. The van der Waals surface area contributed by atoms with Gasteiger partial charge in [-0.15, -0.1) is 0 Å². The lowest BCUT2D eigenvalue weighted by atomic mass is 9.93. The predicted octanol–water partition coefficient (Wildman–Crippen LogP) is 5.83. The molecule has 4 aromatic heterocycles. The molecule has 1 aromatic carbocycles. The molecule has 0 fully saturated rings. The maximum Gasteiger partial charge on any atom is 0.227 e. The second kappa shape index (κ2) is 7.20. The minimum atomic E-state index is -0.206. The highest BCUT2D eigenvalue weighted by Crippen LogP contribution is 2.33. The third-order valence-electron chi connectivity index (χ3n) is 5.62. The van der Waals surface area contributed by atoms with Gasteiger partial charge in [0, 0.05) is 46.6 Å². The molecule has 0 bridgehead atoms. The van der Waals surface area contributed by atoms with Crippen molar-refractivity contribution < 1.29 is 4.42 Å². The zero-order valence-electron chi connectivity index (χ0n) is 20.1. The molecule has 0 saturated carbocycles. The number of aromatic nitrogens is 6. The zero-order valence-corrected chi connectivity index (χ0v) is 20.1. The fourth-order valence-electron chi connectivity index (χ4n) is 3.73. The summed E-state index contributed by atoms with van der Waals surface area (Å²) in [6.07, 6.45) is 3.72. The van der Waals surface area contributed by atoms with Gasteiger partial charge >= 0.3 is 0 Å². The van der Waals surface area contributed by atoms with E-state index in [0.29, 0.717) is 17.2 Å². The van der Waals surface area contributed by atoms with E-state index < -0.39 is 0 Å². The van der Waals surface area contributed by atoms with E-state index in [0.717, 1.165) is 39.4 Å². The van der Waals surface area contributed by atoms with Crippen molar-refractivity contribution >= 4 is 22.1 Å². The van der Waals surface area contributed by atoms with Crippen molar-refractivity contribution in [2.45, 2.75) is 52.4 Å². The van der Waals surface area contributed by atoms with Crippen LogP contribution in [0.5, 0.6) is 0 Å². The number of pyridine rings is 1. The molecule has 0 radical (unpaired) electrons. The first-order valence-electron chi connectivity index (χ1n) is 11.1. The van der Waals surface area contributed by atoms with Crippen molar-refractivity contribution in [3.05, 3.63) is 54.4 Å². The number of furan rings is 1. The monoisotopic (exact) mass is 440 g/mol. The summed E-state index contributed by atoms with van der Waals surface area (Å²) in [4.78, 5) is 23.5. The SMILES string of the molecule is Cn1ccnc1-c1ccc2c(c1)oc1nc(-c3nc(C(C)(C)C)nc(C(C)(C)C)n3)ccc12. The van der Waals surface area contributed by atoms with Crippen LogP contribution in [0.1, 0.15) is 53.2 Å². The lowest BCUT2D eigenvalue weighted by Gasteiger charge is -2.22. The van der Waals surface area contributed by atoms with Crippen LogP contribution in [0, 0.1) is 0 Å². The minimum Gasteiger partial charge on any atom is -0.438 e. The molecule has 0 aliphatic carbocycles. The Morgan fingerprint density at radius 2 is 1.45 bits per heavy atom. The Hall–Kier alpha value is -3.61. The number of hydrogen-bond donors (Lipinski definition) is 0. The summed E-state index contributed by atoms with van der Waals surface area (Å²) in [5.74, 6) is 2.96. The summed E-state index contributed by atoms with van der Waals surface area (Å²) in [7, 11) is 1.98. The van der Waals surface area contributed by atoms with Gasteiger partial charge in [-0.05, 0) is 24.3 Å². The molecule has 0 aliphatic heterocycles. The van der Waals surface area contributed by atoms with Crippen molar-refractivity contribution in [3.63, 3.8) is 0 Å². The highest BCUT2D eigenvalue weighted by molar-refractivity contribution is 6.04. The standard InChI is InChI=1S/C26H28N6O/c1-25(2,3)23-29-20(30-24(31-23)26(4,5)6)18-11-10-17-16-9-8-15(21-27-12-13-32(21)7)14-19(16)33-22(17)28-18/h8-14H,1-7H3. The van der Waals surface area contributed by atoms with Gasteiger partial charge in [0.05, 0.1) is 0 Å². The Kier molecular flexibility index (Phi) is 4.64. The van der Waals surface area contributed by atoms with Crippen LogP contribution in [-0.4, -0.2) is 29.5 Å². The molecule has 0 unspecified atom stereocenters. The largest absolute Gasteiger partial charge is 0.438 e. The third-order valence-corrected chi connectivity index (χ3v) is 5.62. The highest BCUT2D eigenvalue weighted by atomic mass is 16.3. The molecule has 0 atom stereocenters. The van der Waals surface area contributed by atoms with E-state index in [2.05, 4.69) is 58.7 Å². The molecule has 0 spiro atoms. The van der Waals surface area contributed by atoms with Gasteiger partial charge in [-0.25, -0.2) is 24.9 Å². The number of rotatable bonds is 2. The van der Waals surface area contributed by atoms with Crippen molar-refractivity contribution in [1.29, 1.82) is 0 Å². The first kappa shape index (κ1) is 21.2. The molecule has 7 heteroatoms. The van der Waals surface area contributed by atoms with Gasteiger partial charge in [-0.2, -0.15) is 0 Å². The fourth-order valence-corrected chi connectivity index (χ4v) is 3.73. The topological polar surface area (TPSA) is 82.5 Å². The number of fused-ring (bicyclic) bond motifs is 3. The van der Waals surface area contributed by atoms with Gasteiger partial charge in [0.1, 0.15) is 28.8 Å². The third kappa shape index (κ3) is 3.77. The summed E-state index contributed by atoms with van der Waals surface area (Å²) in [6, 6.07) is 10.1. The van der Waals surface area contributed by atoms with Gasteiger partial charge in [-0.1, -0.05) is 47.6 Å². The van der Waals surface area contributed by atoms with Gasteiger partial charge in [0.2, 0.25) is 5.71 Å². The lowest BCUT2D eigenvalue weighted by Crippen LogP contribution is -2.24. The molecule has 5 rings (SSSR count). The maximum absolute atomic E-state index is 6.17. The molecule has 33 heavy (non-hydrogen) atoms. The summed E-state index contributed by atoms with van der Waals surface area (Å²) in [5.41, 5.74) is 2.59. The quantitative estimate of drug-likeness (QED) is 0.343. The molecule has 0 amide bonds. The van der Waals surface area contributed by atoms with Crippen LogP contribution in [0.15, 0.2) is 47.1 Å². The van der Waals surface area contributed by atoms with Gasteiger partial charge in [-0.3, -0.25) is 0 Å². The van der Waals surface area contributed by atoms with Crippen LogP contribution in [0.4, 0.5) is 0 Å². The van der Waals surface area contributed by atoms with Crippen molar-refractivity contribution in [2.24, 2.45) is 7.05 Å². The van der Waals surface area contributed by atoms with Crippen LogP contribution in [0.2, 0.25) is 0 Å². The van der Waals surface area contributed by atoms with Crippen LogP contribution in [0.25, 0.3) is 45.0 Å². The van der Waals surface area contributed by atoms with Crippen molar-refractivity contribution in [1.82, 2.24) is 29.5 Å². The number of imidazole rings is 1. The predicted molar refractivity (Wildman–Crippen MR) is 130 cm³/mol. The molecule has 0 aliphatic rings. The molecular weight excluding hydrogens is 412 g/mol. The summed E-state index contributed by atoms with van der Waals surface area (Å²) < 4.78 is 8.16. The Morgan fingerprint density at radius 1 is 0.788 bits per heavy atom. The Balaban J connectivity index is 1.65. The summed E-state index contributed by atoms with van der Waals surface area (Å²) >= 11 is 0. The van der Waals surface area contributed by atoms with Crippen LogP contribution in [-0.2, 0) is 17.9 Å². The number of hydrogen-bond acceptors (Lipinski definition) is 6.